The lowest BCUT2D eigenvalue weighted by molar-refractivity contribution is -0.155. The van der Waals surface area contributed by atoms with Crippen LogP contribution in [0, 0.1) is 17.3 Å². The molecule has 4 fully saturated rings. The van der Waals surface area contributed by atoms with Gasteiger partial charge in [0.15, 0.2) is 0 Å². The molecule has 268 valence electrons. The minimum Gasteiger partial charge on any atom is -0.460 e. The Balaban J connectivity index is 1.14. The Bertz CT molecular complexity index is 1490. The molecular weight excluding hydrogens is 626 g/mol. The van der Waals surface area contributed by atoms with Gasteiger partial charge in [0.2, 0.25) is 5.91 Å². The molecule has 6 rings (SSSR count). The van der Waals surface area contributed by atoms with E-state index in [2.05, 4.69) is 32.2 Å². The zero-order valence-electron chi connectivity index (χ0n) is 29.8. The largest absolute Gasteiger partial charge is 0.460 e. The molecule has 8 atom stereocenters. The molecule has 10 heteroatoms. The van der Waals surface area contributed by atoms with E-state index < -0.39 is 47.8 Å². The van der Waals surface area contributed by atoms with Crippen molar-refractivity contribution in [2.24, 2.45) is 17.3 Å². The summed E-state index contributed by atoms with van der Waals surface area (Å²) in [6, 6.07) is 6.89. The topological polar surface area (TPSA) is 133 Å². The maximum absolute atomic E-state index is 13.9. The third kappa shape index (κ3) is 8.14. The molecule has 0 bridgehead atoms. The summed E-state index contributed by atoms with van der Waals surface area (Å²) in [6.45, 7) is 12.0. The molecule has 10 nitrogen and oxygen atoms in total. The van der Waals surface area contributed by atoms with Gasteiger partial charge >= 0.3 is 11.9 Å². The number of amides is 1. The molecular formula is C39H53NO9. The van der Waals surface area contributed by atoms with Crippen LogP contribution in [0.5, 0.6) is 0 Å². The molecule has 8 unspecified atom stereocenters. The van der Waals surface area contributed by atoms with Gasteiger partial charge in [-0.15, -0.1) is 0 Å². The first-order chi connectivity index (χ1) is 23.2. The number of rotatable bonds is 9. The molecule has 1 aromatic rings. The molecule has 0 spiro atoms. The third-order valence-electron chi connectivity index (χ3n) is 11.1. The molecule has 2 aliphatic heterocycles. The number of esters is 2. The second-order valence-corrected chi connectivity index (χ2v) is 16.4. The summed E-state index contributed by atoms with van der Waals surface area (Å²) in [5, 5.41) is 12.7. The van der Waals surface area contributed by atoms with Crippen molar-refractivity contribution >= 4 is 23.9 Å². The van der Waals surface area contributed by atoms with E-state index in [4.69, 9.17) is 23.7 Å². The number of allylic oxidation sites excluding steroid dienone is 1. The average Bonchev–Trinajstić information content (AvgIpc) is 3.41. The van der Waals surface area contributed by atoms with Gasteiger partial charge in [0.25, 0.3) is 0 Å². The summed E-state index contributed by atoms with van der Waals surface area (Å²) in [5.74, 6) is -0.236. The molecule has 0 aromatic heterocycles. The van der Waals surface area contributed by atoms with Gasteiger partial charge in [-0.2, -0.15) is 0 Å². The van der Waals surface area contributed by atoms with E-state index in [0.717, 1.165) is 37.7 Å². The fraction of sp³-hybridized carbons (Fsp3) is 0.667. The quantitative estimate of drug-likeness (QED) is 0.251. The first-order valence-corrected chi connectivity index (χ1v) is 17.9. The van der Waals surface area contributed by atoms with E-state index in [9.17, 15) is 19.5 Å². The first-order valence-electron chi connectivity index (χ1n) is 17.9. The summed E-state index contributed by atoms with van der Waals surface area (Å²) in [5.41, 5.74) is 2.70. The number of aliphatic hydroxyl groups is 1. The third-order valence-corrected chi connectivity index (χ3v) is 11.1. The summed E-state index contributed by atoms with van der Waals surface area (Å²) >= 11 is 0. The Kier molecular flexibility index (Phi) is 10.2. The van der Waals surface area contributed by atoms with E-state index in [1.807, 2.05) is 18.2 Å². The lowest BCUT2D eigenvalue weighted by Crippen LogP contribution is -2.45. The number of hydrogen-bond donors (Lipinski definition) is 2. The summed E-state index contributed by atoms with van der Waals surface area (Å²) in [7, 11) is 0. The first kappa shape index (κ1) is 35.8. The molecule has 49 heavy (non-hydrogen) atoms. The van der Waals surface area contributed by atoms with Gasteiger partial charge in [-0.05, 0) is 101 Å². The number of carbonyl (C=O) groups excluding carboxylic acids is 3. The molecule has 0 radical (unpaired) electrons. The smallest absolute Gasteiger partial charge is 0.339 e. The van der Waals surface area contributed by atoms with Gasteiger partial charge in [-0.3, -0.25) is 9.59 Å². The molecule has 2 heterocycles. The zero-order chi connectivity index (χ0) is 35.1. The normalized spacial score (nSPS) is 33.2. The fourth-order valence-electron chi connectivity index (χ4n) is 8.31. The van der Waals surface area contributed by atoms with Crippen molar-refractivity contribution in [1.82, 2.24) is 5.32 Å². The molecule has 2 saturated heterocycles. The molecule has 1 amide bonds. The van der Waals surface area contributed by atoms with Crippen LogP contribution in [0.2, 0.25) is 0 Å². The number of nitrogens with one attached hydrogen (secondary N) is 1. The molecule has 2 saturated carbocycles. The summed E-state index contributed by atoms with van der Waals surface area (Å²) in [6.07, 6.45) is 8.00. The number of benzene rings is 1. The van der Waals surface area contributed by atoms with Gasteiger partial charge in [-0.25, -0.2) is 4.79 Å². The van der Waals surface area contributed by atoms with Crippen LogP contribution in [0.4, 0.5) is 0 Å². The highest BCUT2D eigenvalue weighted by Crippen LogP contribution is 2.59. The van der Waals surface area contributed by atoms with E-state index in [1.54, 1.807) is 32.9 Å². The number of ether oxygens (including phenoxy) is 5. The van der Waals surface area contributed by atoms with Crippen LogP contribution in [0.15, 0.2) is 41.5 Å². The standard InChI is InChI=1S/C39H53NO9/c1-37(2,3)49-33(42)14-12-26(21-41)40-35(43)25-18-30-34(46-22-45-30)31(19-25)47-36(44)27-10-8-7-9-23(27)17-24-11-13-32-39(6,48-32)16-15-29-28(24)20-38(29,4)5/h7-10,17-18,26,28-32,34,41H,11-16,19-22H2,1-6H3,(H,40,43). The monoisotopic (exact) mass is 679 g/mol. The van der Waals surface area contributed by atoms with Crippen LogP contribution in [0.1, 0.15) is 109 Å². The Morgan fingerprint density at radius 2 is 1.90 bits per heavy atom. The number of epoxide rings is 1. The van der Waals surface area contributed by atoms with Crippen molar-refractivity contribution in [3.8, 4) is 0 Å². The SMILES string of the molecule is CC(C)(C)OC(=O)CCC(CO)NC(=O)C1=CC2OCOC2C(OC(=O)c2ccccc2C=C2CCC3OC3(C)CCC3C2CC3(C)C)C1. The highest BCUT2D eigenvalue weighted by Gasteiger charge is 2.56. The van der Waals surface area contributed by atoms with Gasteiger partial charge in [0, 0.05) is 18.4 Å². The fourth-order valence-corrected chi connectivity index (χ4v) is 8.31. The maximum atomic E-state index is 13.9. The molecule has 5 aliphatic rings. The van der Waals surface area contributed by atoms with Crippen LogP contribution in [0.25, 0.3) is 6.08 Å². The van der Waals surface area contributed by atoms with E-state index in [1.165, 1.54) is 5.57 Å². The Hall–Kier alpha value is -3.05. The Morgan fingerprint density at radius 3 is 2.63 bits per heavy atom. The van der Waals surface area contributed by atoms with Crippen molar-refractivity contribution in [3.05, 3.63) is 52.6 Å². The van der Waals surface area contributed by atoms with Crippen molar-refractivity contribution in [1.29, 1.82) is 0 Å². The number of fused-ring (bicyclic) bond motifs is 3. The van der Waals surface area contributed by atoms with Crippen molar-refractivity contribution in [3.63, 3.8) is 0 Å². The second kappa shape index (κ2) is 13.9. The van der Waals surface area contributed by atoms with Crippen molar-refractivity contribution in [2.75, 3.05) is 13.4 Å². The van der Waals surface area contributed by atoms with E-state index >= 15 is 0 Å². The molecule has 2 N–H and O–H groups in total. The van der Waals surface area contributed by atoms with Crippen LogP contribution < -0.4 is 5.32 Å². The molecule has 3 aliphatic carbocycles. The predicted octanol–water partition coefficient (Wildman–Crippen LogP) is 5.66. The predicted molar refractivity (Wildman–Crippen MR) is 182 cm³/mol. The zero-order valence-corrected chi connectivity index (χ0v) is 29.8. The Labute approximate surface area is 289 Å². The van der Waals surface area contributed by atoms with Gasteiger partial charge in [0.1, 0.15) is 30.7 Å². The van der Waals surface area contributed by atoms with Crippen LogP contribution >= 0.6 is 0 Å². The van der Waals surface area contributed by atoms with Gasteiger partial charge < -0.3 is 34.1 Å². The molecule has 1 aromatic carbocycles. The number of aliphatic hydroxyl groups excluding tert-OH is 1. The summed E-state index contributed by atoms with van der Waals surface area (Å²) < 4.78 is 29.2. The second-order valence-electron chi connectivity index (χ2n) is 16.4. The number of hydrogen-bond acceptors (Lipinski definition) is 9. The minimum absolute atomic E-state index is 0.000553. The van der Waals surface area contributed by atoms with E-state index in [-0.39, 0.29) is 43.7 Å². The summed E-state index contributed by atoms with van der Waals surface area (Å²) in [4.78, 5) is 39.5. The highest BCUT2D eigenvalue weighted by atomic mass is 16.7. The van der Waals surface area contributed by atoms with Crippen LogP contribution in [-0.2, 0) is 33.3 Å². The number of carbonyl (C=O) groups is 3. The minimum atomic E-state index is -0.757. The van der Waals surface area contributed by atoms with Crippen LogP contribution in [-0.4, -0.2) is 78.0 Å². The Morgan fingerprint density at radius 1 is 1.12 bits per heavy atom. The lowest BCUT2D eigenvalue weighted by Gasteiger charge is -2.53. The maximum Gasteiger partial charge on any atom is 0.339 e. The van der Waals surface area contributed by atoms with Crippen molar-refractivity contribution < 1.29 is 43.2 Å². The van der Waals surface area contributed by atoms with Gasteiger partial charge in [0.05, 0.1) is 29.9 Å². The van der Waals surface area contributed by atoms with Crippen molar-refractivity contribution in [2.45, 2.75) is 135 Å². The van der Waals surface area contributed by atoms with Crippen LogP contribution in [0.3, 0.4) is 0 Å². The van der Waals surface area contributed by atoms with Gasteiger partial charge in [-0.1, -0.05) is 43.7 Å². The van der Waals surface area contributed by atoms with E-state index in [0.29, 0.717) is 29.1 Å². The highest BCUT2D eigenvalue weighted by molar-refractivity contribution is 5.95. The average molecular weight is 680 g/mol. The lowest BCUT2D eigenvalue weighted by atomic mass is 9.52.